The van der Waals surface area contributed by atoms with E-state index in [4.69, 9.17) is 16.3 Å². The van der Waals surface area contributed by atoms with E-state index in [9.17, 15) is 13.2 Å². The summed E-state index contributed by atoms with van der Waals surface area (Å²) in [7, 11) is -2.20. The van der Waals surface area contributed by atoms with Crippen LogP contribution in [-0.4, -0.2) is 50.3 Å². The molecule has 0 atom stereocenters. The molecule has 3 rings (SSSR count). The summed E-state index contributed by atoms with van der Waals surface area (Å²) in [5.41, 5.74) is 1.20. The number of halogens is 1. The van der Waals surface area contributed by atoms with Crippen LogP contribution >= 0.6 is 11.6 Å². The Morgan fingerprint density at radius 3 is 2.40 bits per heavy atom. The van der Waals surface area contributed by atoms with Gasteiger partial charge in [0.2, 0.25) is 10.0 Å². The van der Waals surface area contributed by atoms with Crippen molar-refractivity contribution in [3.63, 3.8) is 0 Å². The molecule has 1 fully saturated rings. The van der Waals surface area contributed by atoms with Gasteiger partial charge in [0.05, 0.1) is 11.5 Å². The Morgan fingerprint density at radius 2 is 1.77 bits per heavy atom. The summed E-state index contributed by atoms with van der Waals surface area (Å²) in [4.78, 5) is 14.9. The van der Waals surface area contributed by atoms with Gasteiger partial charge in [-0.1, -0.05) is 11.6 Å². The average molecular weight is 451 g/mol. The van der Waals surface area contributed by atoms with Crippen molar-refractivity contribution in [2.24, 2.45) is 0 Å². The summed E-state index contributed by atoms with van der Waals surface area (Å²) in [6, 6.07) is 11.3. The van der Waals surface area contributed by atoms with Crippen molar-refractivity contribution in [1.82, 2.24) is 9.21 Å². The lowest BCUT2D eigenvalue weighted by Crippen LogP contribution is -2.35. The minimum atomic E-state index is -3.72. The fourth-order valence-corrected chi connectivity index (χ4v) is 4.80. The molecule has 2 aromatic rings. The van der Waals surface area contributed by atoms with Gasteiger partial charge in [-0.2, -0.15) is 4.31 Å². The van der Waals surface area contributed by atoms with Crippen LogP contribution in [0.15, 0.2) is 47.4 Å². The molecule has 0 spiro atoms. The molecule has 0 saturated carbocycles. The van der Waals surface area contributed by atoms with Crippen molar-refractivity contribution in [1.29, 1.82) is 0 Å². The summed E-state index contributed by atoms with van der Waals surface area (Å²) in [5.74, 6) is 0.549. The van der Waals surface area contributed by atoms with Crippen LogP contribution in [0.4, 0.5) is 0 Å². The number of ether oxygens (including phenoxy) is 1. The third-order valence-corrected chi connectivity index (χ3v) is 7.23. The minimum Gasteiger partial charge on any atom is -0.494 e. The Labute approximate surface area is 183 Å². The fourth-order valence-electron chi connectivity index (χ4n) is 3.52. The van der Waals surface area contributed by atoms with Gasteiger partial charge in [-0.15, -0.1) is 0 Å². The van der Waals surface area contributed by atoms with Crippen LogP contribution in [0.2, 0.25) is 5.02 Å². The molecule has 0 aromatic heterocycles. The van der Waals surface area contributed by atoms with E-state index in [1.54, 1.807) is 30.3 Å². The highest BCUT2D eigenvalue weighted by Gasteiger charge is 2.24. The highest BCUT2D eigenvalue weighted by Crippen LogP contribution is 2.26. The molecule has 1 amide bonds. The highest BCUT2D eigenvalue weighted by molar-refractivity contribution is 7.89. The van der Waals surface area contributed by atoms with Gasteiger partial charge in [0.25, 0.3) is 5.91 Å². The molecule has 1 saturated heterocycles. The third-order valence-electron chi connectivity index (χ3n) is 5.17. The summed E-state index contributed by atoms with van der Waals surface area (Å²) >= 11 is 5.88. The predicted octanol–water partition coefficient (Wildman–Crippen LogP) is 4.19. The van der Waals surface area contributed by atoms with Crippen molar-refractivity contribution in [2.75, 3.05) is 26.7 Å². The summed E-state index contributed by atoms with van der Waals surface area (Å²) in [6.45, 7) is 3.91. The van der Waals surface area contributed by atoms with E-state index in [2.05, 4.69) is 0 Å². The monoisotopic (exact) mass is 450 g/mol. The number of carbonyl (C=O) groups excluding carboxylic acids is 1. The molecule has 30 heavy (non-hydrogen) atoms. The zero-order valence-corrected chi connectivity index (χ0v) is 18.9. The van der Waals surface area contributed by atoms with Gasteiger partial charge >= 0.3 is 0 Å². The van der Waals surface area contributed by atoms with Gasteiger partial charge in [-0.3, -0.25) is 4.79 Å². The molecule has 0 aliphatic carbocycles. The second-order valence-electron chi connectivity index (χ2n) is 7.32. The maximum Gasteiger partial charge on any atom is 0.253 e. The molecule has 162 valence electrons. The third kappa shape index (κ3) is 5.14. The van der Waals surface area contributed by atoms with Crippen LogP contribution in [0.5, 0.6) is 5.75 Å². The van der Waals surface area contributed by atoms with Crippen LogP contribution in [0.3, 0.4) is 0 Å². The second kappa shape index (κ2) is 9.81. The molecule has 0 N–H and O–H groups in total. The molecular weight excluding hydrogens is 424 g/mol. The number of piperidine rings is 1. The second-order valence-corrected chi connectivity index (χ2v) is 9.80. The standard InChI is InChI=1S/C22H27ClN2O4S/c1-3-29-21-12-7-17(22(26)25-13-5-4-6-14-25)15-18(21)16-24(2)30(27,28)20-10-8-19(23)9-11-20/h7-12,15H,3-6,13-14,16H2,1-2H3. The SMILES string of the molecule is CCOc1ccc(C(=O)N2CCCCC2)cc1CN(C)S(=O)(=O)c1ccc(Cl)cc1. The van der Waals surface area contributed by atoms with Gasteiger partial charge in [0.15, 0.2) is 0 Å². The topological polar surface area (TPSA) is 66.9 Å². The Hall–Kier alpha value is -2.09. The van der Waals surface area contributed by atoms with Gasteiger partial charge in [-0.25, -0.2) is 8.42 Å². The molecule has 6 nitrogen and oxygen atoms in total. The Balaban J connectivity index is 1.87. The zero-order chi connectivity index (χ0) is 21.7. The van der Waals surface area contributed by atoms with Gasteiger partial charge in [0.1, 0.15) is 5.75 Å². The molecule has 0 unspecified atom stereocenters. The van der Waals surface area contributed by atoms with Crippen LogP contribution in [-0.2, 0) is 16.6 Å². The molecule has 8 heteroatoms. The first-order valence-corrected chi connectivity index (χ1v) is 11.9. The number of sulfonamides is 1. The molecule has 1 heterocycles. The number of amides is 1. The predicted molar refractivity (Wildman–Crippen MR) is 117 cm³/mol. The first-order valence-electron chi connectivity index (χ1n) is 10.1. The lowest BCUT2D eigenvalue weighted by Gasteiger charge is -2.27. The minimum absolute atomic E-state index is 0.0257. The zero-order valence-electron chi connectivity index (χ0n) is 17.3. The van der Waals surface area contributed by atoms with Crippen LogP contribution in [0.25, 0.3) is 0 Å². The Morgan fingerprint density at radius 1 is 1.10 bits per heavy atom. The van der Waals surface area contributed by atoms with Crippen LogP contribution < -0.4 is 4.74 Å². The number of likely N-dealkylation sites (tertiary alicyclic amines) is 1. The quantitative estimate of drug-likeness (QED) is 0.634. The fraction of sp³-hybridized carbons (Fsp3) is 0.409. The normalized spacial score (nSPS) is 14.7. The Bertz CT molecular complexity index is 987. The molecular formula is C22H27ClN2O4S. The molecule has 1 aliphatic heterocycles. The molecule has 0 radical (unpaired) electrons. The number of nitrogens with zero attached hydrogens (tertiary/aromatic N) is 2. The van der Waals surface area contributed by atoms with E-state index in [0.29, 0.717) is 28.5 Å². The van der Waals surface area contributed by atoms with E-state index < -0.39 is 10.0 Å². The molecule has 1 aliphatic rings. The average Bonchev–Trinajstić information content (AvgIpc) is 2.75. The smallest absolute Gasteiger partial charge is 0.253 e. The van der Waals surface area contributed by atoms with E-state index in [1.165, 1.54) is 23.5 Å². The maximum absolute atomic E-state index is 12.9. The molecule has 2 aromatic carbocycles. The van der Waals surface area contributed by atoms with E-state index in [-0.39, 0.29) is 17.3 Å². The van der Waals surface area contributed by atoms with Crippen molar-refractivity contribution in [3.05, 3.63) is 58.6 Å². The van der Waals surface area contributed by atoms with E-state index >= 15 is 0 Å². The largest absolute Gasteiger partial charge is 0.494 e. The van der Waals surface area contributed by atoms with Crippen LogP contribution in [0, 0.1) is 0 Å². The maximum atomic E-state index is 12.9. The van der Waals surface area contributed by atoms with Crippen molar-refractivity contribution >= 4 is 27.5 Å². The number of hydrogen-bond acceptors (Lipinski definition) is 4. The lowest BCUT2D eigenvalue weighted by atomic mass is 10.1. The number of rotatable bonds is 7. The molecule has 0 bridgehead atoms. The van der Waals surface area contributed by atoms with E-state index in [0.717, 1.165) is 32.4 Å². The summed E-state index contributed by atoms with van der Waals surface area (Å²) in [5, 5.41) is 0.471. The summed E-state index contributed by atoms with van der Waals surface area (Å²) in [6.07, 6.45) is 3.17. The first-order chi connectivity index (χ1) is 14.3. The van der Waals surface area contributed by atoms with Gasteiger partial charge in [0, 0.05) is 42.8 Å². The highest BCUT2D eigenvalue weighted by atomic mass is 35.5. The number of hydrogen-bond donors (Lipinski definition) is 0. The summed E-state index contributed by atoms with van der Waals surface area (Å²) < 4.78 is 32.8. The number of benzene rings is 2. The van der Waals surface area contributed by atoms with Gasteiger partial charge in [-0.05, 0) is 68.7 Å². The van der Waals surface area contributed by atoms with Crippen molar-refractivity contribution < 1.29 is 17.9 Å². The Kier molecular flexibility index (Phi) is 7.39. The first kappa shape index (κ1) is 22.6. The van der Waals surface area contributed by atoms with Crippen molar-refractivity contribution in [2.45, 2.75) is 37.6 Å². The van der Waals surface area contributed by atoms with Gasteiger partial charge < -0.3 is 9.64 Å². The van der Waals surface area contributed by atoms with Crippen molar-refractivity contribution in [3.8, 4) is 5.75 Å². The number of carbonyl (C=O) groups is 1. The lowest BCUT2D eigenvalue weighted by molar-refractivity contribution is 0.0724. The van der Waals surface area contributed by atoms with E-state index in [1.807, 2.05) is 11.8 Å². The van der Waals surface area contributed by atoms with Crippen LogP contribution in [0.1, 0.15) is 42.1 Å².